The Balaban J connectivity index is 1.43. The van der Waals surface area contributed by atoms with Crippen LogP contribution < -0.4 is 10.5 Å². The van der Waals surface area contributed by atoms with Crippen molar-refractivity contribution in [1.82, 2.24) is 24.2 Å². The summed E-state index contributed by atoms with van der Waals surface area (Å²) in [7, 11) is 0. The van der Waals surface area contributed by atoms with Gasteiger partial charge < -0.3 is 14.9 Å². The highest BCUT2D eigenvalue weighted by atomic mass is 16.3. The van der Waals surface area contributed by atoms with Gasteiger partial charge in [0.15, 0.2) is 5.65 Å². The predicted molar refractivity (Wildman–Crippen MR) is 104 cm³/mol. The van der Waals surface area contributed by atoms with Gasteiger partial charge in [-0.15, -0.1) is 0 Å². The normalized spacial score (nSPS) is 14.6. The molecule has 0 spiro atoms. The number of hydrogen-bond donors (Lipinski definition) is 1. The molecule has 2 aromatic heterocycles. The van der Waals surface area contributed by atoms with Gasteiger partial charge in [0.05, 0.1) is 19.3 Å². The molecule has 1 aliphatic rings. The first-order chi connectivity index (χ1) is 13.7. The third-order valence-corrected chi connectivity index (χ3v) is 4.99. The number of carbonyl (C=O) groups excluding carboxylic acids is 1. The molecule has 0 saturated carbocycles. The molecular formula is C19H22N6O3. The van der Waals surface area contributed by atoms with Gasteiger partial charge in [0.1, 0.15) is 18.3 Å². The van der Waals surface area contributed by atoms with Crippen LogP contribution in [0.2, 0.25) is 0 Å². The first kappa shape index (κ1) is 18.2. The number of piperazine rings is 1. The maximum absolute atomic E-state index is 12.7. The number of aliphatic hydroxyl groups excluding tert-OH is 1. The van der Waals surface area contributed by atoms with Gasteiger partial charge in [0.2, 0.25) is 5.91 Å². The van der Waals surface area contributed by atoms with Crippen molar-refractivity contribution in [3.05, 3.63) is 53.2 Å². The summed E-state index contributed by atoms with van der Waals surface area (Å²) in [6.45, 7) is 2.89. The zero-order valence-corrected chi connectivity index (χ0v) is 15.4. The lowest BCUT2D eigenvalue weighted by Gasteiger charge is -2.36. The van der Waals surface area contributed by atoms with Gasteiger partial charge in [-0.2, -0.15) is 5.10 Å². The van der Waals surface area contributed by atoms with Crippen LogP contribution in [0, 0.1) is 0 Å². The third-order valence-electron chi connectivity index (χ3n) is 4.99. The number of benzene rings is 1. The molecule has 28 heavy (non-hydrogen) atoms. The summed E-state index contributed by atoms with van der Waals surface area (Å²) in [5, 5.41) is 13.5. The molecule has 9 nitrogen and oxygen atoms in total. The van der Waals surface area contributed by atoms with E-state index in [1.165, 1.54) is 21.8 Å². The Morgan fingerprint density at radius 1 is 1.11 bits per heavy atom. The molecule has 9 heteroatoms. The summed E-state index contributed by atoms with van der Waals surface area (Å²) in [5.41, 5.74) is 1.27. The van der Waals surface area contributed by atoms with Gasteiger partial charge in [-0.3, -0.25) is 14.2 Å². The molecule has 0 unspecified atom stereocenters. The summed E-state index contributed by atoms with van der Waals surface area (Å²) < 4.78 is 2.80. The summed E-state index contributed by atoms with van der Waals surface area (Å²) in [6, 6.07) is 10.1. The number of aromatic nitrogens is 4. The van der Waals surface area contributed by atoms with Crippen LogP contribution in [0.3, 0.4) is 0 Å². The van der Waals surface area contributed by atoms with Crippen molar-refractivity contribution in [3.63, 3.8) is 0 Å². The summed E-state index contributed by atoms with van der Waals surface area (Å²) in [4.78, 5) is 33.6. The van der Waals surface area contributed by atoms with Gasteiger partial charge in [0.25, 0.3) is 5.56 Å². The fraction of sp³-hybridized carbons (Fsp3) is 0.368. The lowest BCUT2D eigenvalue weighted by Crippen LogP contribution is -2.50. The van der Waals surface area contributed by atoms with Crippen LogP contribution >= 0.6 is 0 Å². The quantitative estimate of drug-likeness (QED) is 0.664. The first-order valence-electron chi connectivity index (χ1n) is 9.27. The summed E-state index contributed by atoms with van der Waals surface area (Å²) >= 11 is 0. The highest BCUT2D eigenvalue weighted by molar-refractivity contribution is 5.77. The molecule has 146 valence electrons. The van der Waals surface area contributed by atoms with Crippen molar-refractivity contribution in [2.75, 3.05) is 37.7 Å². The van der Waals surface area contributed by atoms with Crippen LogP contribution in [0.25, 0.3) is 11.0 Å². The van der Waals surface area contributed by atoms with Crippen LogP contribution in [0.15, 0.2) is 47.7 Å². The van der Waals surface area contributed by atoms with Crippen LogP contribution in [-0.4, -0.2) is 68.0 Å². The van der Waals surface area contributed by atoms with E-state index in [1.54, 1.807) is 4.90 Å². The van der Waals surface area contributed by atoms with E-state index in [1.807, 2.05) is 18.2 Å². The van der Waals surface area contributed by atoms with Crippen LogP contribution in [0.5, 0.6) is 0 Å². The zero-order valence-electron chi connectivity index (χ0n) is 15.4. The molecule has 1 amide bonds. The Morgan fingerprint density at radius 2 is 1.86 bits per heavy atom. The Hall–Kier alpha value is -3.20. The highest BCUT2D eigenvalue weighted by Gasteiger charge is 2.22. The van der Waals surface area contributed by atoms with Gasteiger partial charge in [0, 0.05) is 31.9 Å². The molecular weight excluding hydrogens is 360 g/mol. The van der Waals surface area contributed by atoms with Gasteiger partial charge in [-0.1, -0.05) is 18.2 Å². The fourth-order valence-electron chi connectivity index (χ4n) is 3.47. The van der Waals surface area contributed by atoms with E-state index >= 15 is 0 Å². The highest BCUT2D eigenvalue weighted by Crippen LogP contribution is 2.15. The lowest BCUT2D eigenvalue weighted by molar-refractivity contribution is -0.132. The molecule has 1 saturated heterocycles. The monoisotopic (exact) mass is 382 g/mol. The zero-order chi connectivity index (χ0) is 19.5. The summed E-state index contributed by atoms with van der Waals surface area (Å²) in [6.07, 6.45) is 2.80. The standard InChI is InChI=1S/C19H22N6O3/c26-11-10-25-18-16(12-21-25)19(28)24(14-20-18)13-17(27)23-8-6-22(7-9-23)15-4-2-1-3-5-15/h1-5,12,14,26H,6-11,13H2. The van der Waals surface area contributed by atoms with Crippen molar-refractivity contribution < 1.29 is 9.90 Å². The Morgan fingerprint density at radius 3 is 2.57 bits per heavy atom. The number of para-hydroxylation sites is 1. The van der Waals surface area contributed by atoms with E-state index in [9.17, 15) is 9.59 Å². The molecule has 4 rings (SSSR count). The van der Waals surface area contributed by atoms with Gasteiger partial charge in [-0.05, 0) is 12.1 Å². The Labute approximate surface area is 161 Å². The molecule has 3 aromatic rings. The van der Waals surface area contributed by atoms with Gasteiger partial charge >= 0.3 is 0 Å². The maximum atomic E-state index is 12.7. The SMILES string of the molecule is O=C(Cn1cnc2c(cnn2CCO)c1=O)N1CCN(c2ccccc2)CC1. The smallest absolute Gasteiger partial charge is 0.264 e. The van der Waals surface area contributed by atoms with Crippen molar-refractivity contribution in [1.29, 1.82) is 0 Å². The molecule has 1 fully saturated rings. The Kier molecular flexibility index (Phi) is 5.07. The predicted octanol–water partition coefficient (Wildman–Crippen LogP) is -0.0659. The van der Waals surface area contributed by atoms with Crippen molar-refractivity contribution in [2.45, 2.75) is 13.1 Å². The third kappa shape index (κ3) is 3.48. The number of hydrogen-bond acceptors (Lipinski definition) is 6. The second-order valence-electron chi connectivity index (χ2n) is 6.71. The average Bonchev–Trinajstić information content (AvgIpc) is 3.15. The van der Waals surface area contributed by atoms with Crippen molar-refractivity contribution in [3.8, 4) is 0 Å². The Bertz CT molecular complexity index is 1020. The minimum Gasteiger partial charge on any atom is -0.394 e. The van der Waals surface area contributed by atoms with E-state index in [0.717, 1.165) is 18.8 Å². The van der Waals surface area contributed by atoms with Crippen LogP contribution in [0.1, 0.15) is 0 Å². The van der Waals surface area contributed by atoms with E-state index < -0.39 is 0 Å². The van der Waals surface area contributed by atoms with Gasteiger partial charge in [-0.25, -0.2) is 9.67 Å². The first-order valence-corrected chi connectivity index (χ1v) is 9.27. The molecule has 0 radical (unpaired) electrons. The van der Waals surface area contributed by atoms with Crippen LogP contribution in [-0.2, 0) is 17.9 Å². The molecule has 1 aliphatic heterocycles. The number of carbonyl (C=O) groups is 1. The fourth-order valence-corrected chi connectivity index (χ4v) is 3.47. The molecule has 1 N–H and O–H groups in total. The maximum Gasteiger partial charge on any atom is 0.264 e. The van der Waals surface area contributed by atoms with Crippen LogP contribution in [0.4, 0.5) is 5.69 Å². The van der Waals surface area contributed by atoms with Crippen molar-refractivity contribution >= 4 is 22.6 Å². The topological polar surface area (TPSA) is 96.5 Å². The number of aliphatic hydroxyl groups is 1. The average molecular weight is 382 g/mol. The molecule has 0 bridgehead atoms. The molecule has 1 aromatic carbocycles. The number of rotatable bonds is 5. The van der Waals surface area contributed by atoms with E-state index in [2.05, 4.69) is 27.1 Å². The second kappa shape index (κ2) is 7.81. The van der Waals surface area contributed by atoms with E-state index in [-0.39, 0.29) is 31.2 Å². The van der Waals surface area contributed by atoms with Crippen molar-refractivity contribution in [2.24, 2.45) is 0 Å². The minimum atomic E-state index is -0.300. The lowest BCUT2D eigenvalue weighted by atomic mass is 10.2. The second-order valence-corrected chi connectivity index (χ2v) is 6.71. The number of fused-ring (bicyclic) bond motifs is 1. The molecule has 3 heterocycles. The minimum absolute atomic E-state index is 0.0434. The largest absolute Gasteiger partial charge is 0.394 e. The number of nitrogens with zero attached hydrogens (tertiary/aromatic N) is 6. The molecule has 0 aliphatic carbocycles. The number of anilines is 1. The molecule has 0 atom stereocenters. The van der Waals surface area contributed by atoms with E-state index in [0.29, 0.717) is 24.1 Å². The number of amides is 1. The van der Waals surface area contributed by atoms with E-state index in [4.69, 9.17) is 5.11 Å². The summed E-state index contributed by atoms with van der Waals surface area (Å²) in [5.74, 6) is -0.0984.